The standard InChI is InChI=1S/C4H8O2.BF3/c1-2-6-4-3-5-1;2-1(3)4/h1-4H2;. The maximum Gasteiger partial charge on any atom is 0.762 e. The second-order valence-electron chi connectivity index (χ2n) is 1.47. The monoisotopic (exact) mass is 156 g/mol. The first-order valence-corrected chi connectivity index (χ1v) is 2.81. The van der Waals surface area contributed by atoms with Crippen LogP contribution in [-0.4, -0.2) is 34.0 Å². The average molecular weight is 156 g/mol. The molecule has 0 N–H and O–H groups in total. The van der Waals surface area contributed by atoms with Crippen LogP contribution in [0.2, 0.25) is 0 Å². The Kier molecular flexibility index (Phi) is 6.73. The van der Waals surface area contributed by atoms with E-state index >= 15 is 0 Å². The maximum atomic E-state index is 9.67. The van der Waals surface area contributed by atoms with Gasteiger partial charge in [0.25, 0.3) is 0 Å². The van der Waals surface area contributed by atoms with Crippen LogP contribution in [0.1, 0.15) is 0 Å². The zero-order valence-electron chi connectivity index (χ0n) is 5.36. The molecule has 1 heterocycles. The fourth-order valence-electron chi connectivity index (χ4n) is 0.440. The minimum Gasteiger partial charge on any atom is -0.377 e. The normalized spacial score (nSPS) is 17.1. The van der Waals surface area contributed by atoms with Gasteiger partial charge in [0.1, 0.15) is 0 Å². The zero-order chi connectivity index (χ0) is 7.82. The fraction of sp³-hybridized carbons (Fsp3) is 1.00. The highest BCUT2D eigenvalue weighted by atomic mass is 19.4. The molecule has 0 saturated carbocycles. The first-order chi connectivity index (χ1) is 4.73. The Hall–Kier alpha value is -0.225. The highest BCUT2D eigenvalue weighted by molar-refractivity contribution is 6.33. The Morgan fingerprint density at radius 2 is 1.00 bits per heavy atom. The third kappa shape index (κ3) is 10.7. The number of halogens is 3. The maximum absolute atomic E-state index is 9.67. The summed E-state index contributed by atoms with van der Waals surface area (Å²) in [5, 5.41) is 0. The van der Waals surface area contributed by atoms with E-state index in [0.29, 0.717) is 0 Å². The van der Waals surface area contributed by atoms with Gasteiger partial charge in [0.15, 0.2) is 0 Å². The lowest BCUT2D eigenvalue weighted by atomic mass is 10.5. The van der Waals surface area contributed by atoms with Crippen LogP contribution >= 0.6 is 0 Å². The summed E-state index contributed by atoms with van der Waals surface area (Å²) in [4.78, 5) is 0. The van der Waals surface area contributed by atoms with Gasteiger partial charge < -0.3 is 9.47 Å². The molecule has 0 unspecified atom stereocenters. The van der Waals surface area contributed by atoms with Gasteiger partial charge in [-0.2, -0.15) is 0 Å². The first-order valence-electron chi connectivity index (χ1n) is 2.81. The molecule has 0 aliphatic carbocycles. The molecule has 0 aromatic rings. The van der Waals surface area contributed by atoms with Crippen molar-refractivity contribution in [3.63, 3.8) is 0 Å². The molecule has 1 aliphatic heterocycles. The van der Waals surface area contributed by atoms with Gasteiger partial charge in [-0.05, 0) is 0 Å². The number of hydrogen-bond acceptors (Lipinski definition) is 2. The quantitative estimate of drug-likeness (QED) is 0.485. The molecule has 0 atom stereocenters. The van der Waals surface area contributed by atoms with E-state index in [1.54, 1.807) is 0 Å². The van der Waals surface area contributed by atoms with E-state index in [9.17, 15) is 12.9 Å². The summed E-state index contributed by atoms with van der Waals surface area (Å²) in [6, 6.07) is 0. The van der Waals surface area contributed by atoms with Crippen LogP contribution in [-0.2, 0) is 9.47 Å². The van der Waals surface area contributed by atoms with Crippen LogP contribution in [0.15, 0.2) is 0 Å². The van der Waals surface area contributed by atoms with E-state index in [-0.39, 0.29) is 0 Å². The van der Waals surface area contributed by atoms with Gasteiger partial charge in [0, 0.05) is 0 Å². The van der Waals surface area contributed by atoms with Gasteiger partial charge in [-0.1, -0.05) is 0 Å². The average Bonchev–Trinajstić information content (AvgIpc) is 1.90. The number of hydrogen-bond donors (Lipinski definition) is 0. The predicted octanol–water partition coefficient (Wildman–Crippen LogP) is 0.913. The van der Waals surface area contributed by atoms with Gasteiger partial charge in [0.2, 0.25) is 0 Å². The summed E-state index contributed by atoms with van der Waals surface area (Å²) in [6.45, 7) is 3.11. The molecule has 1 fully saturated rings. The predicted molar refractivity (Wildman–Crippen MR) is 30.7 cm³/mol. The molecule has 2 nitrogen and oxygen atoms in total. The first kappa shape index (κ1) is 9.77. The lowest BCUT2D eigenvalue weighted by Crippen LogP contribution is -2.16. The van der Waals surface area contributed by atoms with E-state index in [0.717, 1.165) is 26.4 Å². The van der Waals surface area contributed by atoms with Crippen LogP contribution in [0, 0.1) is 0 Å². The van der Waals surface area contributed by atoms with Crippen molar-refractivity contribution in [3.8, 4) is 0 Å². The molecular weight excluding hydrogens is 148 g/mol. The van der Waals surface area contributed by atoms with Crippen molar-refractivity contribution in [2.24, 2.45) is 0 Å². The number of rotatable bonds is 0. The third-order valence-corrected chi connectivity index (χ3v) is 0.744. The van der Waals surface area contributed by atoms with Crippen molar-refractivity contribution in [2.45, 2.75) is 0 Å². The van der Waals surface area contributed by atoms with E-state index in [4.69, 9.17) is 9.47 Å². The Morgan fingerprint density at radius 1 is 0.800 bits per heavy atom. The van der Waals surface area contributed by atoms with Gasteiger partial charge in [-0.3, -0.25) is 12.9 Å². The van der Waals surface area contributed by atoms with Crippen LogP contribution in [0.5, 0.6) is 0 Å². The summed E-state index contributed by atoms with van der Waals surface area (Å²) in [5.74, 6) is 0. The summed E-state index contributed by atoms with van der Waals surface area (Å²) < 4.78 is 38.9. The lowest BCUT2D eigenvalue weighted by Gasteiger charge is -2.09. The minimum absolute atomic E-state index is 0.778. The lowest BCUT2D eigenvalue weighted by molar-refractivity contribution is -0.0334. The van der Waals surface area contributed by atoms with Crippen molar-refractivity contribution in [1.82, 2.24) is 0 Å². The van der Waals surface area contributed by atoms with Gasteiger partial charge in [0.05, 0.1) is 26.4 Å². The van der Waals surface area contributed by atoms with Gasteiger partial charge in [-0.15, -0.1) is 0 Å². The summed E-state index contributed by atoms with van der Waals surface area (Å²) in [7, 11) is -3.67. The Balaban J connectivity index is 0.000000180. The molecule has 1 aliphatic rings. The van der Waals surface area contributed by atoms with Crippen molar-refractivity contribution in [3.05, 3.63) is 0 Å². The van der Waals surface area contributed by atoms with E-state index in [2.05, 4.69) is 0 Å². The van der Waals surface area contributed by atoms with Crippen LogP contribution in [0.4, 0.5) is 12.9 Å². The van der Waals surface area contributed by atoms with Gasteiger partial charge in [-0.25, -0.2) is 0 Å². The molecule has 60 valence electrons. The molecule has 0 aromatic carbocycles. The minimum atomic E-state index is -3.67. The zero-order valence-corrected chi connectivity index (χ0v) is 5.36. The van der Waals surface area contributed by atoms with Crippen LogP contribution in [0.3, 0.4) is 0 Å². The van der Waals surface area contributed by atoms with Crippen molar-refractivity contribution in [2.75, 3.05) is 26.4 Å². The SMILES string of the molecule is C1COCCO1.FB(F)F. The Bertz CT molecular complexity index is 55.3. The highest BCUT2D eigenvalue weighted by Crippen LogP contribution is 1.85. The van der Waals surface area contributed by atoms with Crippen molar-refractivity contribution >= 4 is 7.54 Å². The number of ether oxygens (including phenoxy) is 2. The second-order valence-corrected chi connectivity index (χ2v) is 1.47. The molecule has 0 radical (unpaired) electrons. The van der Waals surface area contributed by atoms with Crippen LogP contribution in [0.25, 0.3) is 0 Å². The molecule has 6 heteroatoms. The Labute approximate surface area is 57.5 Å². The molecule has 0 aromatic heterocycles. The van der Waals surface area contributed by atoms with E-state index < -0.39 is 7.54 Å². The molecule has 0 spiro atoms. The van der Waals surface area contributed by atoms with Crippen LogP contribution < -0.4 is 0 Å². The smallest absolute Gasteiger partial charge is 0.377 e. The van der Waals surface area contributed by atoms with Crippen molar-refractivity contribution in [1.29, 1.82) is 0 Å². The van der Waals surface area contributed by atoms with Gasteiger partial charge >= 0.3 is 7.54 Å². The Morgan fingerprint density at radius 3 is 1.10 bits per heavy atom. The third-order valence-electron chi connectivity index (χ3n) is 0.744. The van der Waals surface area contributed by atoms with Crippen molar-refractivity contribution < 1.29 is 22.4 Å². The molecular formula is C4H8BF3O2. The topological polar surface area (TPSA) is 18.5 Å². The highest BCUT2D eigenvalue weighted by Gasteiger charge is 2.06. The molecule has 0 amide bonds. The molecule has 1 rings (SSSR count). The van der Waals surface area contributed by atoms with E-state index in [1.807, 2.05) is 0 Å². The van der Waals surface area contributed by atoms with E-state index in [1.165, 1.54) is 0 Å². The summed E-state index contributed by atoms with van der Waals surface area (Å²) >= 11 is 0. The molecule has 10 heavy (non-hydrogen) atoms. The summed E-state index contributed by atoms with van der Waals surface area (Å²) in [5.41, 5.74) is 0. The largest absolute Gasteiger partial charge is 0.762 e. The fourth-order valence-corrected chi connectivity index (χ4v) is 0.440. The molecule has 1 saturated heterocycles. The summed E-state index contributed by atoms with van der Waals surface area (Å²) in [6.07, 6.45) is 0. The molecule has 0 bridgehead atoms. The second kappa shape index (κ2) is 6.89.